The van der Waals surface area contributed by atoms with Crippen molar-refractivity contribution in [1.82, 2.24) is 0 Å². The van der Waals surface area contributed by atoms with Crippen molar-refractivity contribution in [2.75, 3.05) is 5.75 Å². The van der Waals surface area contributed by atoms with Gasteiger partial charge in [0.2, 0.25) is 0 Å². The molecule has 0 N–H and O–H groups in total. The maximum absolute atomic E-state index is 5.53. The van der Waals surface area contributed by atoms with Gasteiger partial charge in [-0.25, -0.2) is 0 Å². The van der Waals surface area contributed by atoms with Gasteiger partial charge >= 0.3 is 0 Å². The van der Waals surface area contributed by atoms with Crippen LogP contribution in [-0.4, -0.2) is 5.75 Å². The van der Waals surface area contributed by atoms with Gasteiger partial charge in [-0.05, 0) is 44.1 Å². The molecule has 0 nitrogen and oxygen atoms in total. The van der Waals surface area contributed by atoms with E-state index in [2.05, 4.69) is 31.2 Å². The van der Waals surface area contributed by atoms with Crippen LogP contribution in [0.5, 0.6) is 0 Å². The predicted molar refractivity (Wildman–Crippen MR) is 80.2 cm³/mol. The molecule has 0 aliphatic rings. The van der Waals surface area contributed by atoms with Crippen LogP contribution in [0.1, 0.15) is 31.2 Å². The Morgan fingerprint density at radius 2 is 1.82 bits per heavy atom. The molecule has 0 aromatic heterocycles. The minimum atomic E-state index is 0.388. The van der Waals surface area contributed by atoms with Crippen molar-refractivity contribution < 1.29 is 0 Å². The fraction of sp³-hybridized carbons (Fsp3) is 0.429. The molecule has 1 rings (SSSR count). The van der Waals surface area contributed by atoms with E-state index in [4.69, 9.17) is 23.2 Å². The first-order chi connectivity index (χ1) is 8.18. The Labute approximate surface area is 118 Å². The van der Waals surface area contributed by atoms with E-state index < -0.39 is 0 Å². The largest absolute Gasteiger partial charge is 0.126 e. The predicted octanol–water partition coefficient (Wildman–Crippen LogP) is 5.97. The van der Waals surface area contributed by atoms with Crippen molar-refractivity contribution in [1.29, 1.82) is 0 Å². The van der Waals surface area contributed by atoms with Crippen LogP contribution in [0, 0.1) is 6.92 Å². The lowest BCUT2D eigenvalue weighted by atomic mass is 10.2. The van der Waals surface area contributed by atoms with Gasteiger partial charge in [-0.15, -0.1) is 11.8 Å². The molecular formula is C14H18Cl2S. The molecule has 0 unspecified atom stereocenters. The quantitative estimate of drug-likeness (QED) is 0.440. The Hall–Kier alpha value is -0.110. The van der Waals surface area contributed by atoms with E-state index in [1.807, 2.05) is 17.8 Å². The molecule has 0 spiro atoms. The molecule has 1 aromatic carbocycles. The molecule has 0 heterocycles. The first-order valence-corrected chi connectivity index (χ1v) is 7.63. The van der Waals surface area contributed by atoms with E-state index in [1.54, 1.807) is 0 Å². The molecule has 3 heteroatoms. The number of allylic oxidation sites excluding steroid dienone is 1. The van der Waals surface area contributed by atoms with Crippen LogP contribution in [0.4, 0.5) is 0 Å². The summed E-state index contributed by atoms with van der Waals surface area (Å²) < 4.78 is 0.388. The van der Waals surface area contributed by atoms with E-state index in [1.165, 1.54) is 29.1 Å². The lowest BCUT2D eigenvalue weighted by Crippen LogP contribution is -1.82. The summed E-state index contributed by atoms with van der Waals surface area (Å²) >= 11 is 13.0. The molecule has 0 aliphatic heterocycles. The summed E-state index contributed by atoms with van der Waals surface area (Å²) in [5.41, 5.74) is 1.32. The zero-order chi connectivity index (χ0) is 12.5. The first kappa shape index (κ1) is 14.9. The Bertz CT molecular complexity index is 340. The van der Waals surface area contributed by atoms with Crippen LogP contribution in [0.3, 0.4) is 0 Å². The fourth-order valence-electron chi connectivity index (χ4n) is 1.46. The van der Waals surface area contributed by atoms with E-state index in [9.17, 15) is 0 Å². The van der Waals surface area contributed by atoms with Gasteiger partial charge in [0.05, 0.1) is 0 Å². The van der Waals surface area contributed by atoms with E-state index in [-0.39, 0.29) is 0 Å². The summed E-state index contributed by atoms with van der Waals surface area (Å²) in [6, 6.07) is 8.71. The average molecular weight is 289 g/mol. The Morgan fingerprint density at radius 1 is 1.12 bits per heavy atom. The fourth-order valence-corrected chi connectivity index (χ4v) is 2.59. The van der Waals surface area contributed by atoms with Crippen LogP contribution in [0.2, 0.25) is 0 Å². The van der Waals surface area contributed by atoms with Crippen molar-refractivity contribution in [3.63, 3.8) is 0 Å². The highest BCUT2D eigenvalue weighted by atomic mass is 35.5. The van der Waals surface area contributed by atoms with Crippen molar-refractivity contribution in [3.05, 3.63) is 40.4 Å². The van der Waals surface area contributed by atoms with Crippen molar-refractivity contribution >= 4 is 35.0 Å². The molecule has 0 bridgehead atoms. The van der Waals surface area contributed by atoms with Crippen molar-refractivity contribution in [3.8, 4) is 0 Å². The maximum Gasteiger partial charge on any atom is 0.102 e. The normalized spacial score (nSPS) is 10.3. The topological polar surface area (TPSA) is 0 Å². The van der Waals surface area contributed by atoms with Crippen LogP contribution in [0.15, 0.2) is 39.7 Å². The SMILES string of the molecule is Cc1ccc(SCCCCCC=C(Cl)Cl)cc1. The minimum Gasteiger partial charge on any atom is -0.126 e. The van der Waals surface area contributed by atoms with E-state index in [0.717, 1.165) is 12.8 Å². The number of hydrogen-bond donors (Lipinski definition) is 0. The summed E-state index contributed by atoms with van der Waals surface area (Å²) in [5.74, 6) is 1.18. The van der Waals surface area contributed by atoms with Gasteiger partial charge in [0.1, 0.15) is 4.49 Å². The smallest absolute Gasteiger partial charge is 0.102 e. The summed E-state index contributed by atoms with van der Waals surface area (Å²) in [5, 5.41) is 0. The van der Waals surface area contributed by atoms with Gasteiger partial charge < -0.3 is 0 Å². The van der Waals surface area contributed by atoms with Crippen LogP contribution >= 0.6 is 35.0 Å². The van der Waals surface area contributed by atoms with E-state index >= 15 is 0 Å². The zero-order valence-electron chi connectivity index (χ0n) is 10.1. The molecule has 0 atom stereocenters. The molecule has 94 valence electrons. The zero-order valence-corrected chi connectivity index (χ0v) is 12.4. The maximum atomic E-state index is 5.53. The Balaban J connectivity index is 2.04. The Kier molecular flexibility index (Phi) is 7.83. The second-order valence-electron chi connectivity index (χ2n) is 4.00. The second-order valence-corrected chi connectivity index (χ2v) is 6.18. The van der Waals surface area contributed by atoms with Gasteiger partial charge in [0.15, 0.2) is 0 Å². The molecule has 0 saturated carbocycles. The first-order valence-electron chi connectivity index (χ1n) is 5.89. The highest BCUT2D eigenvalue weighted by Gasteiger charge is 1.94. The second kappa shape index (κ2) is 8.91. The number of thioether (sulfide) groups is 1. The number of unbranched alkanes of at least 4 members (excludes halogenated alkanes) is 3. The van der Waals surface area contributed by atoms with Crippen LogP contribution < -0.4 is 0 Å². The van der Waals surface area contributed by atoms with Gasteiger partial charge in [-0.3, -0.25) is 0 Å². The Morgan fingerprint density at radius 3 is 2.47 bits per heavy atom. The van der Waals surface area contributed by atoms with Crippen LogP contribution in [-0.2, 0) is 0 Å². The van der Waals surface area contributed by atoms with Crippen molar-refractivity contribution in [2.45, 2.75) is 37.5 Å². The number of benzene rings is 1. The summed E-state index contributed by atoms with van der Waals surface area (Å²) in [6.45, 7) is 2.12. The number of rotatable bonds is 7. The van der Waals surface area contributed by atoms with Crippen LogP contribution in [0.25, 0.3) is 0 Å². The third-order valence-corrected chi connectivity index (χ3v) is 3.84. The number of hydrogen-bond acceptors (Lipinski definition) is 1. The highest BCUT2D eigenvalue weighted by molar-refractivity contribution is 7.99. The summed E-state index contributed by atoms with van der Waals surface area (Å²) in [7, 11) is 0. The van der Waals surface area contributed by atoms with E-state index in [0.29, 0.717) is 4.49 Å². The molecule has 0 radical (unpaired) electrons. The lowest BCUT2D eigenvalue weighted by molar-refractivity contribution is 0.734. The van der Waals surface area contributed by atoms with Gasteiger partial charge in [-0.2, -0.15) is 0 Å². The molecule has 17 heavy (non-hydrogen) atoms. The third-order valence-electron chi connectivity index (χ3n) is 2.44. The van der Waals surface area contributed by atoms with Gasteiger partial charge in [0, 0.05) is 4.90 Å². The highest BCUT2D eigenvalue weighted by Crippen LogP contribution is 2.20. The third kappa shape index (κ3) is 7.75. The summed E-state index contributed by atoms with van der Waals surface area (Å²) in [6.07, 6.45) is 6.49. The number of halogens is 2. The standard InChI is InChI=1S/C14H18Cl2S/c1-12-7-9-13(10-8-12)17-11-5-3-2-4-6-14(15)16/h6-10H,2-5,11H2,1H3. The van der Waals surface area contributed by atoms with Gasteiger partial charge in [-0.1, -0.05) is 53.4 Å². The monoisotopic (exact) mass is 288 g/mol. The lowest BCUT2D eigenvalue weighted by Gasteiger charge is -2.02. The molecule has 0 aliphatic carbocycles. The molecule has 0 fully saturated rings. The van der Waals surface area contributed by atoms with Crippen molar-refractivity contribution in [2.24, 2.45) is 0 Å². The number of aryl methyl sites for hydroxylation is 1. The molecule has 1 aromatic rings. The minimum absolute atomic E-state index is 0.388. The molecular weight excluding hydrogens is 271 g/mol. The summed E-state index contributed by atoms with van der Waals surface area (Å²) in [4.78, 5) is 1.36. The molecule has 0 amide bonds. The average Bonchev–Trinajstić information content (AvgIpc) is 2.30. The molecule has 0 saturated heterocycles. The van der Waals surface area contributed by atoms with Gasteiger partial charge in [0.25, 0.3) is 0 Å².